The zero-order valence-electron chi connectivity index (χ0n) is 10.3. The van der Waals surface area contributed by atoms with Crippen molar-refractivity contribution in [2.75, 3.05) is 5.32 Å². The summed E-state index contributed by atoms with van der Waals surface area (Å²) >= 11 is 1.19. The number of rotatable bonds is 2. The van der Waals surface area contributed by atoms with Crippen LogP contribution in [0.25, 0.3) is 11.0 Å². The molecule has 6 nitrogen and oxygen atoms in total. The van der Waals surface area contributed by atoms with Gasteiger partial charge >= 0.3 is 0 Å². The number of anilines is 1. The predicted octanol–water partition coefficient (Wildman–Crippen LogP) is 2.55. The molecule has 7 heteroatoms. The summed E-state index contributed by atoms with van der Waals surface area (Å²) in [6, 6.07) is 3.66. The second-order valence-corrected chi connectivity index (χ2v) is 4.76. The van der Waals surface area contributed by atoms with E-state index in [0.29, 0.717) is 22.2 Å². The van der Waals surface area contributed by atoms with Gasteiger partial charge in [-0.1, -0.05) is 0 Å². The SMILES string of the molecule is Cc1nc(C)c(C(=O)Nc2snc3ncccc23)o1. The van der Waals surface area contributed by atoms with Crippen molar-refractivity contribution in [1.82, 2.24) is 14.3 Å². The van der Waals surface area contributed by atoms with Gasteiger partial charge in [-0.2, -0.15) is 4.37 Å². The van der Waals surface area contributed by atoms with E-state index in [0.717, 1.165) is 5.39 Å². The number of nitrogens with one attached hydrogen (secondary N) is 1. The van der Waals surface area contributed by atoms with Gasteiger partial charge < -0.3 is 9.73 Å². The average Bonchev–Trinajstić information content (AvgIpc) is 2.94. The average molecular weight is 274 g/mol. The van der Waals surface area contributed by atoms with E-state index in [1.807, 2.05) is 6.07 Å². The highest BCUT2D eigenvalue weighted by molar-refractivity contribution is 7.12. The van der Waals surface area contributed by atoms with E-state index < -0.39 is 0 Å². The molecule has 0 saturated carbocycles. The minimum atomic E-state index is -0.326. The van der Waals surface area contributed by atoms with Gasteiger partial charge in [0.25, 0.3) is 5.91 Å². The van der Waals surface area contributed by atoms with E-state index in [1.165, 1.54) is 11.5 Å². The summed E-state index contributed by atoms with van der Waals surface area (Å²) in [5.74, 6) is 0.369. The quantitative estimate of drug-likeness (QED) is 0.776. The molecule has 0 radical (unpaired) electrons. The number of carbonyl (C=O) groups is 1. The maximum atomic E-state index is 12.1. The Balaban J connectivity index is 1.93. The van der Waals surface area contributed by atoms with Gasteiger partial charge in [0, 0.05) is 13.1 Å². The molecule has 1 amide bonds. The third-order valence-electron chi connectivity index (χ3n) is 2.59. The first kappa shape index (κ1) is 11.8. The highest BCUT2D eigenvalue weighted by Crippen LogP contribution is 2.26. The molecule has 0 atom stereocenters. The number of oxazole rings is 1. The maximum absolute atomic E-state index is 12.1. The molecule has 0 fully saturated rings. The van der Waals surface area contributed by atoms with Crippen LogP contribution < -0.4 is 5.32 Å². The second kappa shape index (κ2) is 4.43. The molecule has 96 valence electrons. The summed E-state index contributed by atoms with van der Waals surface area (Å²) in [5.41, 5.74) is 1.19. The predicted molar refractivity (Wildman–Crippen MR) is 71.3 cm³/mol. The van der Waals surface area contributed by atoms with Crippen LogP contribution in [0.3, 0.4) is 0 Å². The lowest BCUT2D eigenvalue weighted by Crippen LogP contribution is -2.11. The summed E-state index contributed by atoms with van der Waals surface area (Å²) in [5, 5.41) is 4.25. The number of nitrogens with zero attached hydrogens (tertiary/aromatic N) is 3. The highest BCUT2D eigenvalue weighted by Gasteiger charge is 2.18. The molecule has 0 aromatic carbocycles. The fourth-order valence-electron chi connectivity index (χ4n) is 1.78. The number of aromatic nitrogens is 3. The van der Waals surface area contributed by atoms with E-state index >= 15 is 0 Å². The van der Waals surface area contributed by atoms with Gasteiger partial charge in [0.1, 0.15) is 5.00 Å². The third-order valence-corrected chi connectivity index (χ3v) is 3.36. The van der Waals surface area contributed by atoms with Gasteiger partial charge in [-0.15, -0.1) is 0 Å². The van der Waals surface area contributed by atoms with Crippen molar-refractivity contribution >= 4 is 33.5 Å². The third kappa shape index (κ3) is 2.08. The van der Waals surface area contributed by atoms with E-state index in [-0.39, 0.29) is 11.7 Å². The fourth-order valence-corrected chi connectivity index (χ4v) is 2.50. The standard InChI is InChI=1S/C12H10N4O2S/c1-6-9(18-7(2)14-6)11(17)15-12-8-4-3-5-13-10(8)16-19-12/h3-5H,1-2H3,(H,15,17). The molecule has 3 aromatic rings. The van der Waals surface area contributed by atoms with Crippen LogP contribution in [0.4, 0.5) is 5.00 Å². The topological polar surface area (TPSA) is 80.9 Å². The summed E-state index contributed by atoms with van der Waals surface area (Å²) in [7, 11) is 0. The number of hydrogen-bond donors (Lipinski definition) is 1. The normalized spacial score (nSPS) is 10.8. The van der Waals surface area contributed by atoms with Crippen LogP contribution in [0.2, 0.25) is 0 Å². The first-order valence-electron chi connectivity index (χ1n) is 5.61. The summed E-state index contributed by atoms with van der Waals surface area (Å²) in [4.78, 5) is 20.3. The molecule has 1 N–H and O–H groups in total. The van der Waals surface area contributed by atoms with E-state index in [1.54, 1.807) is 26.1 Å². The number of pyridine rings is 1. The Hall–Kier alpha value is -2.28. The molecule has 3 heterocycles. The van der Waals surface area contributed by atoms with Crippen LogP contribution in [-0.4, -0.2) is 20.2 Å². The molecule has 0 aliphatic rings. The van der Waals surface area contributed by atoms with E-state index in [4.69, 9.17) is 4.42 Å². The molecular formula is C12H10N4O2S. The first-order valence-corrected chi connectivity index (χ1v) is 6.38. The Morgan fingerprint density at radius 1 is 1.42 bits per heavy atom. The molecule has 0 unspecified atom stereocenters. The minimum absolute atomic E-state index is 0.225. The Bertz CT molecular complexity index is 762. The van der Waals surface area contributed by atoms with Gasteiger partial charge in [0.2, 0.25) is 5.76 Å². The highest BCUT2D eigenvalue weighted by atomic mass is 32.1. The van der Waals surface area contributed by atoms with Gasteiger partial charge in [0.15, 0.2) is 11.5 Å². The summed E-state index contributed by atoms with van der Waals surface area (Å²) in [6.45, 7) is 3.44. The lowest BCUT2D eigenvalue weighted by molar-refractivity contribution is 0.0995. The molecule has 3 aromatic heterocycles. The number of carbonyl (C=O) groups excluding carboxylic acids is 1. The Kier molecular flexibility index (Phi) is 2.75. The second-order valence-electron chi connectivity index (χ2n) is 3.99. The number of aryl methyl sites for hydroxylation is 2. The van der Waals surface area contributed by atoms with Gasteiger partial charge in [-0.05, 0) is 30.6 Å². The molecule has 0 spiro atoms. The van der Waals surface area contributed by atoms with Gasteiger partial charge in [-0.25, -0.2) is 9.97 Å². The van der Waals surface area contributed by atoms with Crippen molar-refractivity contribution in [3.63, 3.8) is 0 Å². The van der Waals surface area contributed by atoms with Crippen molar-refractivity contribution in [3.8, 4) is 0 Å². The maximum Gasteiger partial charge on any atom is 0.294 e. The van der Waals surface area contributed by atoms with Gasteiger partial charge in [-0.3, -0.25) is 4.79 Å². The van der Waals surface area contributed by atoms with Crippen molar-refractivity contribution in [1.29, 1.82) is 0 Å². The van der Waals surface area contributed by atoms with Crippen LogP contribution in [-0.2, 0) is 0 Å². The van der Waals surface area contributed by atoms with Crippen LogP contribution in [0.15, 0.2) is 22.7 Å². The molecule has 0 aliphatic heterocycles. The van der Waals surface area contributed by atoms with Gasteiger partial charge in [0.05, 0.1) is 11.1 Å². The van der Waals surface area contributed by atoms with Crippen LogP contribution in [0.1, 0.15) is 22.1 Å². The number of amides is 1. The molecule has 19 heavy (non-hydrogen) atoms. The number of hydrogen-bond acceptors (Lipinski definition) is 6. The monoisotopic (exact) mass is 274 g/mol. The molecule has 0 aliphatic carbocycles. The van der Waals surface area contributed by atoms with Crippen LogP contribution in [0, 0.1) is 13.8 Å². The van der Waals surface area contributed by atoms with Crippen molar-refractivity contribution in [2.45, 2.75) is 13.8 Å². The molecular weight excluding hydrogens is 264 g/mol. The van der Waals surface area contributed by atoms with Crippen molar-refractivity contribution in [2.24, 2.45) is 0 Å². The van der Waals surface area contributed by atoms with Crippen LogP contribution >= 0.6 is 11.5 Å². The van der Waals surface area contributed by atoms with Crippen molar-refractivity contribution in [3.05, 3.63) is 35.7 Å². The zero-order chi connectivity index (χ0) is 13.4. The molecule has 0 bridgehead atoms. The largest absolute Gasteiger partial charge is 0.436 e. The fraction of sp³-hybridized carbons (Fsp3) is 0.167. The van der Waals surface area contributed by atoms with Crippen LogP contribution in [0.5, 0.6) is 0 Å². The van der Waals surface area contributed by atoms with Crippen molar-refractivity contribution < 1.29 is 9.21 Å². The summed E-state index contributed by atoms with van der Waals surface area (Å²) in [6.07, 6.45) is 1.66. The lowest BCUT2D eigenvalue weighted by Gasteiger charge is -1.99. The Morgan fingerprint density at radius 2 is 2.26 bits per heavy atom. The number of fused-ring (bicyclic) bond motifs is 1. The summed E-state index contributed by atoms with van der Waals surface area (Å²) < 4.78 is 9.44. The van der Waals surface area contributed by atoms with E-state index in [2.05, 4.69) is 19.7 Å². The smallest absolute Gasteiger partial charge is 0.294 e. The first-order chi connectivity index (χ1) is 9.15. The Morgan fingerprint density at radius 3 is 3.00 bits per heavy atom. The minimum Gasteiger partial charge on any atom is -0.436 e. The molecule has 0 saturated heterocycles. The lowest BCUT2D eigenvalue weighted by atomic mass is 10.3. The Labute approximate surface area is 112 Å². The molecule has 3 rings (SSSR count). The zero-order valence-corrected chi connectivity index (χ0v) is 11.1. The van der Waals surface area contributed by atoms with E-state index in [9.17, 15) is 4.79 Å².